The van der Waals surface area contributed by atoms with E-state index in [0.717, 1.165) is 5.92 Å². The molecule has 0 N–H and O–H groups in total. The van der Waals surface area contributed by atoms with E-state index in [1.807, 2.05) is 0 Å². The monoisotopic (exact) mass is 136 g/mol. The highest BCUT2D eigenvalue weighted by Crippen LogP contribution is 2.00. The summed E-state index contributed by atoms with van der Waals surface area (Å²) in [6.45, 7) is 6.72. The molecule has 0 aromatic heterocycles. The Kier molecular flexibility index (Phi) is 7.00. The maximum absolute atomic E-state index is 2.31. The molecule has 0 amide bonds. The van der Waals surface area contributed by atoms with Crippen LogP contribution in [0.4, 0.5) is 0 Å². The molecule has 0 aromatic carbocycles. The summed E-state index contributed by atoms with van der Waals surface area (Å²) >= 11 is 0.266. The number of rotatable bonds is 4. The van der Waals surface area contributed by atoms with E-state index in [1.54, 1.807) is 0 Å². The van der Waals surface area contributed by atoms with Crippen LogP contribution in [0.15, 0.2) is 12.2 Å². The maximum Gasteiger partial charge on any atom is 0.370 e. The summed E-state index contributed by atoms with van der Waals surface area (Å²) in [5, 5.41) is 0. The molecule has 0 aliphatic heterocycles. The molecule has 0 aliphatic rings. The zero-order valence-electron chi connectivity index (χ0n) is 6.85. The van der Waals surface area contributed by atoms with Gasteiger partial charge in [-0.1, -0.05) is 25.8 Å². The zero-order chi connectivity index (χ0) is 7.11. The van der Waals surface area contributed by atoms with Crippen LogP contribution in [0, 0.1) is 5.92 Å². The van der Waals surface area contributed by atoms with Crippen molar-refractivity contribution in [2.45, 2.75) is 29.9 Å². The lowest BCUT2D eigenvalue weighted by molar-refractivity contribution is 0.730. The molecule has 0 saturated heterocycles. The maximum atomic E-state index is 2.31. The summed E-state index contributed by atoms with van der Waals surface area (Å²) in [6, 6.07) is 0. The molecule has 0 aliphatic carbocycles. The van der Waals surface area contributed by atoms with Gasteiger partial charge in [-0.25, -0.2) is 0 Å². The van der Waals surface area contributed by atoms with Crippen molar-refractivity contribution in [2.75, 3.05) is 0 Å². The van der Waals surface area contributed by atoms with E-state index in [9.17, 15) is 0 Å². The zero-order valence-corrected chi connectivity index (χ0v) is 8.27. The second-order valence-electron chi connectivity index (χ2n) is 2.89. The van der Waals surface area contributed by atoms with E-state index in [1.165, 1.54) is 9.10 Å². The lowest BCUT2D eigenvalue weighted by atomic mass is 10.3. The Morgan fingerprint density at radius 3 is 2.56 bits per heavy atom. The molecular weight excluding hydrogens is 120 g/mol. The Morgan fingerprint density at radius 2 is 2.11 bits per heavy atom. The van der Waals surface area contributed by atoms with Crippen molar-refractivity contribution in [2.24, 2.45) is 5.92 Å². The third-order valence-corrected chi connectivity index (χ3v) is 3.69. The van der Waals surface area contributed by atoms with Crippen molar-refractivity contribution < 1.29 is 0 Å². The Bertz CT molecular complexity index is 74.6. The first kappa shape index (κ1) is 9.51. The quantitative estimate of drug-likeness (QED) is 0.317. The van der Waals surface area contributed by atoms with E-state index in [2.05, 4.69) is 32.9 Å². The molecular formula is C8H16Mg. The molecule has 0 rings (SSSR count). The van der Waals surface area contributed by atoms with Crippen LogP contribution >= 0.6 is 0 Å². The van der Waals surface area contributed by atoms with Crippen LogP contribution in [0.2, 0.25) is 9.10 Å². The van der Waals surface area contributed by atoms with Gasteiger partial charge in [0, 0.05) is 0 Å². The van der Waals surface area contributed by atoms with E-state index in [0.29, 0.717) is 0 Å². The highest BCUT2D eigenvalue weighted by Gasteiger charge is 1.95. The molecule has 0 unspecified atom stereocenters. The van der Waals surface area contributed by atoms with E-state index < -0.39 is 0 Å². The summed E-state index contributed by atoms with van der Waals surface area (Å²) in [5.41, 5.74) is 0. The molecule has 0 aromatic rings. The number of allylic oxidation sites excluding steroid dienone is 2. The van der Waals surface area contributed by atoms with Gasteiger partial charge in [-0.3, -0.25) is 0 Å². The molecule has 9 heavy (non-hydrogen) atoms. The highest BCUT2D eigenvalue weighted by molar-refractivity contribution is 6.36. The first-order chi connectivity index (χ1) is 4.27. The van der Waals surface area contributed by atoms with Gasteiger partial charge in [-0.05, 0) is 6.92 Å². The smallest absolute Gasteiger partial charge is 0.143 e. The summed E-state index contributed by atoms with van der Waals surface area (Å²) < 4.78 is 2.90. The van der Waals surface area contributed by atoms with Crippen LogP contribution in [0.3, 0.4) is 0 Å². The van der Waals surface area contributed by atoms with Gasteiger partial charge in [0.05, 0.1) is 0 Å². The van der Waals surface area contributed by atoms with Gasteiger partial charge in [-0.15, -0.1) is 15.2 Å². The molecule has 0 radical (unpaired) electrons. The van der Waals surface area contributed by atoms with Crippen molar-refractivity contribution in [3.63, 3.8) is 0 Å². The SMILES string of the molecule is CC=C[CH2][Mg][CH2]C(C)C. The summed E-state index contributed by atoms with van der Waals surface area (Å²) in [4.78, 5) is 0. The van der Waals surface area contributed by atoms with Crippen LogP contribution in [-0.4, -0.2) is 20.4 Å². The molecule has 0 fully saturated rings. The Labute approximate surface area is 68.4 Å². The third kappa shape index (κ3) is 8.51. The van der Waals surface area contributed by atoms with Gasteiger partial charge >= 0.3 is 20.4 Å². The second-order valence-corrected chi connectivity index (χ2v) is 4.76. The van der Waals surface area contributed by atoms with E-state index in [4.69, 9.17) is 0 Å². The molecule has 50 valence electrons. The average molecular weight is 137 g/mol. The molecule has 0 saturated carbocycles. The van der Waals surface area contributed by atoms with Crippen molar-refractivity contribution in [3.05, 3.63) is 12.2 Å². The molecule has 1 heteroatoms. The van der Waals surface area contributed by atoms with Crippen LogP contribution in [0.5, 0.6) is 0 Å². The number of hydrogen-bond donors (Lipinski definition) is 0. The molecule has 0 heterocycles. The number of hydrogen-bond acceptors (Lipinski definition) is 0. The Morgan fingerprint density at radius 1 is 1.44 bits per heavy atom. The standard InChI is InChI=1S/C4H9.C4H7.Mg/c1-4(2)3;1-3-4-2;/h4H,1H2,2-3H3;3-4H,1H2,2H3;. The summed E-state index contributed by atoms with van der Waals surface area (Å²) in [7, 11) is 0. The molecule has 0 atom stereocenters. The van der Waals surface area contributed by atoms with Gasteiger partial charge in [0.1, 0.15) is 0 Å². The fourth-order valence-corrected chi connectivity index (χ4v) is 2.43. The normalized spacial score (nSPS) is 10.7. The third-order valence-electron chi connectivity index (χ3n) is 1.39. The van der Waals surface area contributed by atoms with Gasteiger partial charge in [-0.2, -0.15) is 0 Å². The van der Waals surface area contributed by atoms with E-state index >= 15 is 0 Å². The van der Waals surface area contributed by atoms with Crippen LogP contribution in [0.1, 0.15) is 20.8 Å². The average Bonchev–Trinajstić information content (AvgIpc) is 1.80. The minimum absolute atomic E-state index is 0.266. The predicted octanol–water partition coefficient (Wildman–Crippen LogP) is 2.76. The topological polar surface area (TPSA) is 0 Å². The lowest BCUT2D eigenvalue weighted by Crippen LogP contribution is -1.92. The first-order valence-electron chi connectivity index (χ1n) is 3.88. The lowest BCUT2D eigenvalue weighted by Gasteiger charge is -1.97. The Hall–Kier alpha value is 0.506. The van der Waals surface area contributed by atoms with Crippen molar-refractivity contribution >= 4 is 20.4 Å². The Balaban J connectivity index is 2.91. The summed E-state index contributed by atoms with van der Waals surface area (Å²) in [5.74, 6) is 0.932. The van der Waals surface area contributed by atoms with Crippen molar-refractivity contribution in [1.29, 1.82) is 0 Å². The summed E-state index contributed by atoms with van der Waals surface area (Å²) in [6.07, 6.45) is 4.46. The molecule has 0 spiro atoms. The fourth-order valence-electron chi connectivity index (χ4n) is 0.811. The van der Waals surface area contributed by atoms with E-state index in [-0.39, 0.29) is 20.4 Å². The van der Waals surface area contributed by atoms with Crippen LogP contribution in [-0.2, 0) is 0 Å². The molecule has 0 nitrogen and oxygen atoms in total. The minimum atomic E-state index is 0.266. The van der Waals surface area contributed by atoms with Gasteiger partial charge in [0.15, 0.2) is 0 Å². The highest BCUT2D eigenvalue weighted by atomic mass is 24.5. The van der Waals surface area contributed by atoms with Crippen LogP contribution < -0.4 is 0 Å². The molecule has 0 bridgehead atoms. The minimum Gasteiger partial charge on any atom is -0.143 e. The predicted molar refractivity (Wildman–Crippen MR) is 45.0 cm³/mol. The van der Waals surface area contributed by atoms with Crippen LogP contribution in [0.25, 0.3) is 0 Å². The second kappa shape index (κ2) is 6.62. The fraction of sp³-hybridized carbons (Fsp3) is 0.750. The van der Waals surface area contributed by atoms with Gasteiger partial charge in [0.25, 0.3) is 0 Å². The van der Waals surface area contributed by atoms with Gasteiger partial charge < -0.3 is 0 Å². The largest absolute Gasteiger partial charge is 0.370 e. The van der Waals surface area contributed by atoms with Crippen molar-refractivity contribution in [1.82, 2.24) is 0 Å². The van der Waals surface area contributed by atoms with Gasteiger partial charge in [0.2, 0.25) is 0 Å². The van der Waals surface area contributed by atoms with Crippen molar-refractivity contribution in [3.8, 4) is 0 Å². The first-order valence-corrected chi connectivity index (χ1v) is 5.88.